The number of nitrogens with two attached hydrogens (primary N) is 2. The smallest absolute Gasteiger partial charge is 0.185 e. The summed E-state index contributed by atoms with van der Waals surface area (Å²) < 4.78 is 0. The number of hydrogen-bond acceptors (Lipinski definition) is 4. The van der Waals surface area contributed by atoms with Gasteiger partial charge in [-0.15, -0.1) is 0 Å². The van der Waals surface area contributed by atoms with Gasteiger partial charge in [-0.3, -0.25) is 4.79 Å². The first-order valence-corrected chi connectivity index (χ1v) is 6.03. The van der Waals surface area contributed by atoms with Crippen LogP contribution >= 0.6 is 11.8 Å². The Morgan fingerprint density at radius 1 is 1.38 bits per heavy atom. The molecule has 0 atom stereocenters. The van der Waals surface area contributed by atoms with Gasteiger partial charge in [0.1, 0.15) is 0 Å². The van der Waals surface area contributed by atoms with Crippen LogP contribution in [0.2, 0.25) is 0 Å². The van der Waals surface area contributed by atoms with Crippen molar-refractivity contribution >= 4 is 34.3 Å². The summed E-state index contributed by atoms with van der Waals surface area (Å²) in [5.74, 6) is 0.816. The third kappa shape index (κ3) is 4.40. The lowest BCUT2D eigenvalue weighted by molar-refractivity contribution is -0.109. The number of hydrogen-bond donors (Lipinski definition) is 2. The monoisotopic (exact) mass is 236 g/mol. The third-order valence-electron chi connectivity index (χ3n) is 2.01. The summed E-state index contributed by atoms with van der Waals surface area (Å²) in [6.07, 6.45) is 4.88. The first-order chi connectivity index (χ1) is 7.59. The SMILES string of the molecule is CC(=O)SCCC=Cc1ccc(N)c(N)c1. The van der Waals surface area contributed by atoms with Crippen molar-refractivity contribution in [3.8, 4) is 0 Å². The summed E-state index contributed by atoms with van der Waals surface area (Å²) in [5.41, 5.74) is 13.5. The lowest BCUT2D eigenvalue weighted by atomic mass is 10.1. The number of rotatable bonds is 4. The molecule has 0 fully saturated rings. The summed E-state index contributed by atoms with van der Waals surface area (Å²) in [6, 6.07) is 5.55. The molecule has 1 rings (SSSR count). The van der Waals surface area contributed by atoms with E-state index in [9.17, 15) is 4.79 Å². The predicted octanol–water partition coefficient (Wildman–Crippen LogP) is 2.53. The molecule has 86 valence electrons. The first kappa shape index (κ1) is 12.6. The maximum atomic E-state index is 10.7. The maximum absolute atomic E-state index is 10.7. The van der Waals surface area contributed by atoms with Crippen LogP contribution in [0.25, 0.3) is 6.08 Å². The van der Waals surface area contributed by atoms with Crippen molar-refractivity contribution in [1.82, 2.24) is 0 Å². The highest BCUT2D eigenvalue weighted by molar-refractivity contribution is 8.13. The van der Waals surface area contributed by atoms with Gasteiger partial charge in [-0.25, -0.2) is 0 Å². The summed E-state index contributed by atoms with van der Waals surface area (Å²) in [5, 5.41) is 0.158. The minimum Gasteiger partial charge on any atom is -0.397 e. The topological polar surface area (TPSA) is 69.1 Å². The molecule has 16 heavy (non-hydrogen) atoms. The zero-order valence-electron chi connectivity index (χ0n) is 9.27. The van der Waals surface area contributed by atoms with Crippen molar-refractivity contribution < 1.29 is 4.79 Å². The second-order valence-electron chi connectivity index (χ2n) is 3.42. The highest BCUT2D eigenvalue weighted by atomic mass is 32.2. The number of thioether (sulfide) groups is 1. The van der Waals surface area contributed by atoms with Crippen LogP contribution in [0.15, 0.2) is 24.3 Å². The zero-order valence-corrected chi connectivity index (χ0v) is 10.1. The van der Waals surface area contributed by atoms with Gasteiger partial charge in [0, 0.05) is 12.7 Å². The summed E-state index contributed by atoms with van der Waals surface area (Å²) >= 11 is 1.34. The normalized spacial score (nSPS) is 10.8. The molecule has 0 saturated heterocycles. The quantitative estimate of drug-likeness (QED) is 0.622. The fourth-order valence-electron chi connectivity index (χ4n) is 1.19. The van der Waals surface area contributed by atoms with Crippen LogP contribution in [0.1, 0.15) is 18.9 Å². The molecule has 0 aliphatic carbocycles. The lowest BCUT2D eigenvalue weighted by Crippen LogP contribution is -1.93. The number of carbonyl (C=O) groups excluding carboxylic acids is 1. The third-order valence-corrected chi connectivity index (χ3v) is 2.86. The van der Waals surface area contributed by atoms with E-state index >= 15 is 0 Å². The minimum absolute atomic E-state index is 0.158. The van der Waals surface area contributed by atoms with Crippen LogP contribution in [-0.4, -0.2) is 10.9 Å². The zero-order chi connectivity index (χ0) is 12.0. The van der Waals surface area contributed by atoms with E-state index in [1.165, 1.54) is 11.8 Å². The standard InChI is InChI=1S/C12H16N2OS/c1-9(15)16-7-3-2-4-10-5-6-11(13)12(14)8-10/h2,4-6,8H,3,7,13-14H2,1H3. The van der Waals surface area contributed by atoms with E-state index in [-0.39, 0.29) is 5.12 Å². The van der Waals surface area contributed by atoms with Crippen LogP contribution in [0.3, 0.4) is 0 Å². The average Bonchev–Trinajstić information content (AvgIpc) is 2.22. The van der Waals surface area contributed by atoms with Crippen molar-refractivity contribution in [2.75, 3.05) is 17.2 Å². The van der Waals surface area contributed by atoms with Crippen molar-refractivity contribution in [2.24, 2.45) is 0 Å². The van der Waals surface area contributed by atoms with Crippen LogP contribution in [0.5, 0.6) is 0 Å². The van der Waals surface area contributed by atoms with Gasteiger partial charge in [0.25, 0.3) is 0 Å². The van der Waals surface area contributed by atoms with E-state index in [1.54, 1.807) is 13.0 Å². The van der Waals surface area contributed by atoms with Gasteiger partial charge >= 0.3 is 0 Å². The molecule has 0 spiro atoms. The molecule has 0 saturated carbocycles. The Morgan fingerprint density at radius 2 is 2.12 bits per heavy atom. The Balaban J connectivity index is 2.44. The van der Waals surface area contributed by atoms with Gasteiger partial charge in [0.2, 0.25) is 0 Å². The predicted molar refractivity (Wildman–Crippen MR) is 72.1 cm³/mol. The van der Waals surface area contributed by atoms with Crippen LogP contribution in [-0.2, 0) is 4.79 Å². The van der Waals surface area contributed by atoms with Crippen molar-refractivity contribution in [1.29, 1.82) is 0 Å². The molecule has 0 bridgehead atoms. The van der Waals surface area contributed by atoms with E-state index < -0.39 is 0 Å². The molecular weight excluding hydrogens is 220 g/mol. The largest absolute Gasteiger partial charge is 0.397 e. The number of benzene rings is 1. The Kier molecular flexibility index (Phi) is 4.92. The van der Waals surface area contributed by atoms with Gasteiger partial charge in [-0.1, -0.05) is 30.0 Å². The van der Waals surface area contributed by atoms with Crippen LogP contribution < -0.4 is 11.5 Å². The maximum Gasteiger partial charge on any atom is 0.185 e. The molecule has 3 nitrogen and oxygen atoms in total. The molecular formula is C12H16N2OS. The van der Waals surface area contributed by atoms with Crippen molar-refractivity contribution in [2.45, 2.75) is 13.3 Å². The molecule has 1 aromatic carbocycles. The number of carbonyl (C=O) groups is 1. The number of anilines is 2. The van der Waals surface area contributed by atoms with Gasteiger partial charge in [0.15, 0.2) is 5.12 Å². The van der Waals surface area contributed by atoms with Gasteiger partial charge < -0.3 is 11.5 Å². The molecule has 0 aliphatic rings. The van der Waals surface area contributed by atoms with E-state index in [0.717, 1.165) is 17.7 Å². The Morgan fingerprint density at radius 3 is 2.75 bits per heavy atom. The summed E-state index contributed by atoms with van der Waals surface area (Å²) in [6.45, 7) is 1.58. The number of nitrogen functional groups attached to an aromatic ring is 2. The Hall–Kier alpha value is -1.42. The fourth-order valence-corrected chi connectivity index (χ4v) is 1.73. The lowest BCUT2D eigenvalue weighted by Gasteiger charge is -2.00. The van der Waals surface area contributed by atoms with Crippen LogP contribution in [0.4, 0.5) is 11.4 Å². The van der Waals surface area contributed by atoms with E-state index in [1.807, 2.05) is 24.3 Å². The van der Waals surface area contributed by atoms with Gasteiger partial charge in [-0.05, 0) is 24.1 Å². The Bertz CT molecular complexity index is 402. The summed E-state index contributed by atoms with van der Waals surface area (Å²) in [7, 11) is 0. The molecule has 0 aromatic heterocycles. The molecule has 4 heteroatoms. The molecule has 0 radical (unpaired) electrons. The molecule has 0 amide bonds. The van der Waals surface area contributed by atoms with Crippen molar-refractivity contribution in [3.63, 3.8) is 0 Å². The highest BCUT2D eigenvalue weighted by Gasteiger charge is 1.94. The highest BCUT2D eigenvalue weighted by Crippen LogP contribution is 2.17. The van der Waals surface area contributed by atoms with Gasteiger partial charge in [0.05, 0.1) is 11.4 Å². The second-order valence-corrected chi connectivity index (χ2v) is 4.69. The molecule has 4 N–H and O–H groups in total. The van der Waals surface area contributed by atoms with E-state index in [2.05, 4.69) is 0 Å². The van der Waals surface area contributed by atoms with Crippen LogP contribution in [0, 0.1) is 0 Å². The molecule has 0 heterocycles. The second kappa shape index (κ2) is 6.23. The van der Waals surface area contributed by atoms with Gasteiger partial charge in [-0.2, -0.15) is 0 Å². The number of allylic oxidation sites excluding steroid dienone is 1. The first-order valence-electron chi connectivity index (χ1n) is 5.04. The minimum atomic E-state index is 0.158. The molecule has 0 aliphatic heterocycles. The summed E-state index contributed by atoms with van der Waals surface area (Å²) in [4.78, 5) is 10.7. The fraction of sp³-hybridized carbons (Fsp3) is 0.250. The molecule has 1 aromatic rings. The van der Waals surface area contributed by atoms with E-state index in [4.69, 9.17) is 11.5 Å². The Labute approximate surface area is 99.9 Å². The molecule has 0 unspecified atom stereocenters. The average molecular weight is 236 g/mol. The van der Waals surface area contributed by atoms with Crippen molar-refractivity contribution in [3.05, 3.63) is 29.8 Å². The van der Waals surface area contributed by atoms with E-state index in [0.29, 0.717) is 11.4 Å².